The maximum atomic E-state index is 13.5. The van der Waals surface area contributed by atoms with Crippen molar-refractivity contribution in [3.63, 3.8) is 0 Å². The number of nitrogens with one attached hydrogen (secondary N) is 2. The van der Waals surface area contributed by atoms with Crippen molar-refractivity contribution in [1.29, 1.82) is 0 Å². The van der Waals surface area contributed by atoms with Crippen LogP contribution in [0.1, 0.15) is 53.0 Å². The lowest BCUT2D eigenvalue weighted by molar-refractivity contribution is -0.140. The summed E-state index contributed by atoms with van der Waals surface area (Å²) in [5.74, 6) is -4.31. The fourth-order valence-electron chi connectivity index (χ4n) is 4.71. The molecule has 2 atom stereocenters. The van der Waals surface area contributed by atoms with Crippen LogP contribution in [-0.4, -0.2) is 52.3 Å². The Hall–Kier alpha value is -4.18. The number of halogens is 2. The van der Waals surface area contributed by atoms with E-state index in [-0.39, 0.29) is 48.5 Å². The molecule has 3 N–H and O–H groups in total. The molecule has 0 saturated heterocycles. The minimum absolute atomic E-state index is 0.0136. The van der Waals surface area contributed by atoms with E-state index in [0.29, 0.717) is 0 Å². The van der Waals surface area contributed by atoms with E-state index >= 15 is 0 Å². The summed E-state index contributed by atoms with van der Waals surface area (Å²) in [6.07, 6.45) is 0.157. The molecule has 3 amide bonds. The summed E-state index contributed by atoms with van der Waals surface area (Å²) in [7, 11) is 0. The van der Waals surface area contributed by atoms with Crippen molar-refractivity contribution in [1.82, 2.24) is 15.5 Å². The number of amides is 3. The average molecular weight is 538 g/mol. The molecular weight excluding hydrogens is 508 g/mol. The lowest BCUT2D eigenvalue weighted by Gasteiger charge is -2.25. The van der Waals surface area contributed by atoms with E-state index in [1.807, 2.05) is 38.1 Å². The lowest BCUT2D eigenvalue weighted by Crippen LogP contribution is -2.52. The van der Waals surface area contributed by atoms with Gasteiger partial charge >= 0.3 is 5.97 Å². The van der Waals surface area contributed by atoms with Crippen LogP contribution in [0.2, 0.25) is 0 Å². The van der Waals surface area contributed by atoms with Crippen molar-refractivity contribution in [3.05, 3.63) is 82.9 Å². The average Bonchev–Trinajstić information content (AvgIpc) is 3.10. The Kier molecular flexibility index (Phi) is 8.35. The number of hydrogen-bond donors (Lipinski definition) is 3. The van der Waals surface area contributed by atoms with Crippen molar-refractivity contribution in [2.24, 2.45) is 5.92 Å². The molecule has 0 aliphatic carbocycles. The summed E-state index contributed by atoms with van der Waals surface area (Å²) >= 11 is 0. The Bertz CT molecular complexity index is 1370. The normalized spacial score (nSPS) is 14.5. The highest BCUT2D eigenvalue weighted by Gasteiger charge is 2.37. The number of nitrogens with zero attached hydrogens (tertiary/aromatic N) is 1. The molecule has 204 valence electrons. The Morgan fingerprint density at radius 2 is 1.46 bits per heavy atom. The number of fused-ring (bicyclic) bond motifs is 2. The Balaban J connectivity index is 1.43. The Labute approximate surface area is 224 Å². The van der Waals surface area contributed by atoms with Crippen LogP contribution in [-0.2, 0) is 16.1 Å². The molecular formula is C29H29F2N3O5. The summed E-state index contributed by atoms with van der Waals surface area (Å²) in [5, 5.41) is 16.9. The third kappa shape index (κ3) is 6.46. The third-order valence-corrected chi connectivity index (χ3v) is 6.59. The minimum Gasteiger partial charge on any atom is -0.480 e. The maximum Gasteiger partial charge on any atom is 0.320 e. The van der Waals surface area contributed by atoms with E-state index in [0.717, 1.165) is 33.9 Å². The van der Waals surface area contributed by atoms with Crippen molar-refractivity contribution in [2.75, 3.05) is 6.54 Å². The van der Waals surface area contributed by atoms with Crippen molar-refractivity contribution in [2.45, 2.75) is 45.3 Å². The van der Waals surface area contributed by atoms with Gasteiger partial charge in [-0.05, 0) is 59.4 Å². The van der Waals surface area contributed by atoms with E-state index < -0.39 is 47.4 Å². The predicted molar refractivity (Wildman–Crippen MR) is 140 cm³/mol. The molecule has 2 unspecified atom stereocenters. The highest BCUT2D eigenvalue weighted by Crippen LogP contribution is 2.28. The molecule has 3 aromatic rings. The smallest absolute Gasteiger partial charge is 0.320 e. The largest absolute Gasteiger partial charge is 0.480 e. The van der Waals surface area contributed by atoms with Crippen LogP contribution in [0.5, 0.6) is 0 Å². The van der Waals surface area contributed by atoms with Crippen LogP contribution in [0, 0.1) is 17.6 Å². The molecule has 0 radical (unpaired) electrons. The highest BCUT2D eigenvalue weighted by atomic mass is 19.1. The van der Waals surface area contributed by atoms with Gasteiger partial charge in [0, 0.05) is 19.2 Å². The number of carboxylic acids is 1. The van der Waals surface area contributed by atoms with E-state index in [1.54, 1.807) is 12.1 Å². The maximum absolute atomic E-state index is 13.5. The molecule has 0 aromatic heterocycles. The molecule has 3 aromatic carbocycles. The van der Waals surface area contributed by atoms with Gasteiger partial charge in [-0.25, -0.2) is 8.78 Å². The van der Waals surface area contributed by atoms with Gasteiger partial charge in [-0.15, -0.1) is 0 Å². The highest BCUT2D eigenvalue weighted by molar-refractivity contribution is 6.23. The number of carbonyl (C=O) groups excluding carboxylic acids is 3. The van der Waals surface area contributed by atoms with Gasteiger partial charge in [-0.2, -0.15) is 0 Å². The number of carboxylic acid groups (broad SMARTS) is 1. The summed E-state index contributed by atoms with van der Waals surface area (Å²) < 4.78 is 27.0. The van der Waals surface area contributed by atoms with E-state index in [9.17, 15) is 33.1 Å². The summed E-state index contributed by atoms with van der Waals surface area (Å²) in [5.41, 5.74) is 0.756. The van der Waals surface area contributed by atoms with Crippen LogP contribution in [0.4, 0.5) is 8.78 Å². The van der Waals surface area contributed by atoms with Crippen LogP contribution >= 0.6 is 0 Å². The van der Waals surface area contributed by atoms with E-state index in [4.69, 9.17) is 0 Å². The van der Waals surface area contributed by atoms with Gasteiger partial charge in [0.2, 0.25) is 5.91 Å². The molecule has 0 fully saturated rings. The molecule has 1 heterocycles. The molecule has 10 heteroatoms. The minimum atomic E-state index is -1.24. The van der Waals surface area contributed by atoms with Gasteiger partial charge in [-0.1, -0.05) is 38.1 Å². The molecule has 8 nitrogen and oxygen atoms in total. The molecule has 0 saturated carbocycles. The van der Waals surface area contributed by atoms with Crippen LogP contribution < -0.4 is 10.6 Å². The molecule has 0 bridgehead atoms. The number of carbonyl (C=O) groups is 4. The van der Waals surface area contributed by atoms with E-state index in [2.05, 4.69) is 10.6 Å². The van der Waals surface area contributed by atoms with Crippen molar-refractivity contribution >= 4 is 34.5 Å². The van der Waals surface area contributed by atoms with Gasteiger partial charge in [0.25, 0.3) is 11.8 Å². The molecule has 1 aliphatic rings. The lowest BCUT2D eigenvalue weighted by atomic mass is 10.0. The first-order valence-electron chi connectivity index (χ1n) is 12.6. The fourth-order valence-corrected chi connectivity index (χ4v) is 4.71. The number of hydrogen-bond acceptors (Lipinski definition) is 5. The molecule has 39 heavy (non-hydrogen) atoms. The zero-order chi connectivity index (χ0) is 28.3. The molecule has 0 spiro atoms. The van der Waals surface area contributed by atoms with Gasteiger partial charge in [-0.3, -0.25) is 29.4 Å². The predicted octanol–water partition coefficient (Wildman–Crippen LogP) is 3.88. The zero-order valence-electron chi connectivity index (χ0n) is 21.5. The summed E-state index contributed by atoms with van der Waals surface area (Å²) in [6.45, 7) is 3.42. The molecule has 1 aliphatic heterocycles. The standard InChI is InChI=1S/C29H29F2N3O5/c1-16(2)9-25(26(35)32-15-17-10-20(30)14-21(31)11-17)33-24(29(38)39)7-8-34-27(36)22-12-18-5-3-4-6-19(18)13-23(22)28(34)37/h3-6,10-14,16,24-25,33H,7-9,15H2,1-2H3,(H,32,35)(H,38,39). The summed E-state index contributed by atoms with van der Waals surface area (Å²) in [4.78, 5) is 52.0. The van der Waals surface area contributed by atoms with Gasteiger partial charge in [0.15, 0.2) is 0 Å². The number of aliphatic carboxylic acids is 1. The fraction of sp³-hybridized carbons (Fsp3) is 0.310. The monoisotopic (exact) mass is 537 g/mol. The number of rotatable bonds is 11. The van der Waals surface area contributed by atoms with Gasteiger partial charge < -0.3 is 10.4 Å². The van der Waals surface area contributed by atoms with Gasteiger partial charge in [0.1, 0.15) is 17.7 Å². The SMILES string of the molecule is CC(C)CC(NC(CCN1C(=O)c2cc3ccccc3cc2C1=O)C(=O)O)C(=O)NCc1cc(F)cc(F)c1. The number of imide groups is 1. The van der Waals surface area contributed by atoms with Crippen LogP contribution in [0.3, 0.4) is 0 Å². The second kappa shape index (κ2) is 11.7. The van der Waals surface area contributed by atoms with E-state index in [1.165, 1.54) is 0 Å². The zero-order valence-corrected chi connectivity index (χ0v) is 21.5. The Morgan fingerprint density at radius 3 is 1.97 bits per heavy atom. The molecule has 4 rings (SSSR count). The van der Waals surface area contributed by atoms with Gasteiger partial charge in [0.05, 0.1) is 17.2 Å². The van der Waals surface area contributed by atoms with Crippen LogP contribution in [0.25, 0.3) is 10.8 Å². The second-order valence-corrected chi connectivity index (χ2v) is 10.0. The Morgan fingerprint density at radius 1 is 0.897 bits per heavy atom. The first kappa shape index (κ1) is 27.8. The third-order valence-electron chi connectivity index (χ3n) is 6.59. The van der Waals surface area contributed by atoms with Crippen molar-refractivity contribution < 1.29 is 33.1 Å². The first-order chi connectivity index (χ1) is 18.5. The second-order valence-electron chi connectivity index (χ2n) is 10.0. The first-order valence-corrected chi connectivity index (χ1v) is 12.6. The topological polar surface area (TPSA) is 116 Å². The quantitative estimate of drug-likeness (QED) is 0.320. The number of benzene rings is 3. The van der Waals surface area contributed by atoms with Crippen LogP contribution in [0.15, 0.2) is 54.6 Å². The van der Waals surface area contributed by atoms with Crippen molar-refractivity contribution in [3.8, 4) is 0 Å². The summed E-state index contributed by atoms with van der Waals surface area (Å²) in [6, 6.07) is 11.4.